The number of rotatable bonds is 5. The number of anilines is 1. The molecule has 1 saturated carbocycles. The summed E-state index contributed by atoms with van der Waals surface area (Å²) in [5, 5.41) is 0.971. The van der Waals surface area contributed by atoms with E-state index in [4.69, 9.17) is 0 Å². The second-order valence-electron chi connectivity index (χ2n) is 9.40. The summed E-state index contributed by atoms with van der Waals surface area (Å²) in [5.41, 5.74) is 0.925. The number of piperazine rings is 2. The molecule has 3 fully saturated rings. The minimum absolute atomic E-state index is 0.0924. The molecule has 2 saturated heterocycles. The highest BCUT2D eigenvalue weighted by Gasteiger charge is 2.28. The molecule has 0 bridgehead atoms. The number of nitrogens with zero attached hydrogens (tertiary/aromatic N) is 6. The fraction of sp³-hybridized carbons (Fsp3) is 0.667. The van der Waals surface area contributed by atoms with Crippen LogP contribution in [0.2, 0.25) is 0 Å². The third-order valence-corrected chi connectivity index (χ3v) is 8.41. The number of fused-ring (bicyclic) bond motifs is 1. The maximum absolute atomic E-state index is 12.7. The molecule has 8 nitrogen and oxygen atoms in total. The van der Waals surface area contributed by atoms with Crippen molar-refractivity contribution >= 4 is 38.6 Å². The smallest absolute Gasteiger partial charge is 0.223 e. The molecule has 0 spiro atoms. The number of carbonyl (C=O) groups is 2. The van der Waals surface area contributed by atoms with Crippen LogP contribution < -0.4 is 4.90 Å². The van der Waals surface area contributed by atoms with Crippen LogP contribution in [0.5, 0.6) is 0 Å². The summed E-state index contributed by atoms with van der Waals surface area (Å²) >= 11 is 1.60. The van der Waals surface area contributed by atoms with Gasteiger partial charge < -0.3 is 14.7 Å². The van der Waals surface area contributed by atoms with Gasteiger partial charge in [0.1, 0.15) is 10.3 Å². The van der Waals surface area contributed by atoms with Crippen LogP contribution in [0.15, 0.2) is 18.3 Å². The van der Waals surface area contributed by atoms with Crippen molar-refractivity contribution in [3.63, 3.8) is 0 Å². The van der Waals surface area contributed by atoms with Crippen molar-refractivity contribution < 1.29 is 9.59 Å². The predicted molar refractivity (Wildman–Crippen MR) is 130 cm³/mol. The van der Waals surface area contributed by atoms with Gasteiger partial charge >= 0.3 is 0 Å². The number of hydrogen-bond acceptors (Lipinski definition) is 7. The first-order valence-corrected chi connectivity index (χ1v) is 13.2. The largest absolute Gasteiger partial charge is 0.344 e. The van der Waals surface area contributed by atoms with Crippen molar-refractivity contribution in [1.29, 1.82) is 0 Å². The number of amides is 2. The zero-order chi connectivity index (χ0) is 22.6. The standard InChI is InChI=1S/C24H34N6O2S/c31-21(28-13-11-27(12-14-28)19-5-2-1-3-6-19)8-9-22(32)29-15-17-30(18-16-29)24-26-20-7-4-10-25-23(20)33-24/h4,7,10,19H,1-3,5-6,8-9,11-18H2. The molecule has 0 unspecified atom stereocenters. The molecule has 33 heavy (non-hydrogen) atoms. The number of hydrogen-bond donors (Lipinski definition) is 0. The molecule has 2 aromatic heterocycles. The average Bonchev–Trinajstić information content (AvgIpc) is 3.32. The third kappa shape index (κ3) is 5.30. The Bertz CT molecular complexity index is 926. The van der Waals surface area contributed by atoms with Crippen molar-refractivity contribution in [2.75, 3.05) is 57.3 Å². The summed E-state index contributed by atoms with van der Waals surface area (Å²) in [6.45, 7) is 6.46. The zero-order valence-corrected chi connectivity index (χ0v) is 20.1. The molecule has 1 aliphatic carbocycles. The summed E-state index contributed by atoms with van der Waals surface area (Å²) in [7, 11) is 0. The molecule has 0 N–H and O–H groups in total. The van der Waals surface area contributed by atoms with Gasteiger partial charge in [0.05, 0.1) is 0 Å². The van der Waals surface area contributed by atoms with Crippen molar-refractivity contribution in [2.24, 2.45) is 0 Å². The van der Waals surface area contributed by atoms with Gasteiger partial charge in [-0.15, -0.1) is 0 Å². The molecular weight excluding hydrogens is 436 g/mol. The Morgan fingerprint density at radius 1 is 0.879 bits per heavy atom. The Kier molecular flexibility index (Phi) is 7.06. The normalized spacial score (nSPS) is 21.0. The SMILES string of the molecule is O=C(CCC(=O)N1CCN(C2CCCCC2)CC1)N1CCN(c2nc3cccnc3s2)CC1. The van der Waals surface area contributed by atoms with E-state index in [9.17, 15) is 9.59 Å². The molecule has 4 heterocycles. The monoisotopic (exact) mass is 470 g/mol. The van der Waals surface area contributed by atoms with E-state index in [2.05, 4.69) is 19.8 Å². The van der Waals surface area contributed by atoms with Gasteiger partial charge in [-0.3, -0.25) is 14.5 Å². The third-order valence-electron chi connectivity index (χ3n) is 7.37. The summed E-state index contributed by atoms with van der Waals surface area (Å²) in [6.07, 6.45) is 9.11. The molecule has 178 valence electrons. The Hall–Kier alpha value is -2.26. The van der Waals surface area contributed by atoms with Gasteiger partial charge in [0.2, 0.25) is 11.8 Å². The molecule has 2 amide bonds. The summed E-state index contributed by atoms with van der Waals surface area (Å²) in [4.78, 5) is 44.1. The Labute approximate surface area is 199 Å². The highest BCUT2D eigenvalue weighted by atomic mass is 32.1. The van der Waals surface area contributed by atoms with Gasteiger partial charge in [-0.25, -0.2) is 9.97 Å². The lowest BCUT2D eigenvalue weighted by atomic mass is 9.94. The van der Waals surface area contributed by atoms with Crippen molar-refractivity contribution in [2.45, 2.75) is 51.0 Å². The first kappa shape index (κ1) is 22.5. The van der Waals surface area contributed by atoms with Crippen LogP contribution in [0.25, 0.3) is 10.3 Å². The lowest BCUT2D eigenvalue weighted by Gasteiger charge is -2.40. The number of carbonyl (C=O) groups excluding carboxylic acids is 2. The maximum Gasteiger partial charge on any atom is 0.223 e. The van der Waals surface area contributed by atoms with E-state index in [0.717, 1.165) is 60.8 Å². The van der Waals surface area contributed by atoms with Gasteiger partial charge in [-0.2, -0.15) is 0 Å². The van der Waals surface area contributed by atoms with E-state index in [1.807, 2.05) is 21.9 Å². The number of aromatic nitrogens is 2. The van der Waals surface area contributed by atoms with Gasteiger partial charge in [-0.05, 0) is 25.0 Å². The van der Waals surface area contributed by atoms with Gasteiger partial charge in [0.15, 0.2) is 5.13 Å². The first-order chi connectivity index (χ1) is 16.2. The number of pyridine rings is 1. The quantitative estimate of drug-likeness (QED) is 0.669. The second-order valence-corrected chi connectivity index (χ2v) is 10.4. The lowest BCUT2D eigenvalue weighted by molar-refractivity contribution is -0.138. The molecule has 9 heteroatoms. The van der Waals surface area contributed by atoms with E-state index in [1.165, 1.54) is 32.1 Å². The average molecular weight is 471 g/mol. The summed E-state index contributed by atoms with van der Waals surface area (Å²) < 4.78 is 0. The van der Waals surface area contributed by atoms with Crippen LogP contribution in [-0.2, 0) is 9.59 Å². The van der Waals surface area contributed by atoms with Crippen molar-refractivity contribution in [3.05, 3.63) is 18.3 Å². The highest BCUT2D eigenvalue weighted by Crippen LogP contribution is 2.28. The molecular formula is C24H34N6O2S. The summed E-state index contributed by atoms with van der Waals surface area (Å²) in [6, 6.07) is 4.60. The zero-order valence-electron chi connectivity index (χ0n) is 19.3. The predicted octanol–water partition coefficient (Wildman–Crippen LogP) is 2.60. The van der Waals surface area contributed by atoms with Crippen LogP contribution in [-0.4, -0.2) is 94.9 Å². The molecule has 2 aromatic rings. The van der Waals surface area contributed by atoms with Crippen LogP contribution in [0.3, 0.4) is 0 Å². The first-order valence-electron chi connectivity index (χ1n) is 12.4. The molecule has 0 aromatic carbocycles. The van der Waals surface area contributed by atoms with Gasteiger partial charge in [0, 0.05) is 77.4 Å². The van der Waals surface area contributed by atoms with E-state index >= 15 is 0 Å². The topological polar surface area (TPSA) is 72.9 Å². The lowest BCUT2D eigenvalue weighted by Crippen LogP contribution is -2.52. The summed E-state index contributed by atoms with van der Waals surface area (Å²) in [5.74, 6) is 0.224. The maximum atomic E-state index is 12.7. The van der Waals surface area contributed by atoms with Crippen molar-refractivity contribution in [1.82, 2.24) is 24.7 Å². The van der Waals surface area contributed by atoms with E-state index in [-0.39, 0.29) is 11.8 Å². The van der Waals surface area contributed by atoms with Crippen LogP contribution >= 0.6 is 11.3 Å². The van der Waals surface area contributed by atoms with Crippen LogP contribution in [0, 0.1) is 0 Å². The minimum atomic E-state index is 0.0924. The highest BCUT2D eigenvalue weighted by molar-refractivity contribution is 7.21. The van der Waals surface area contributed by atoms with E-state index in [0.29, 0.717) is 25.9 Å². The fourth-order valence-electron chi connectivity index (χ4n) is 5.35. The van der Waals surface area contributed by atoms with Crippen LogP contribution in [0.1, 0.15) is 44.9 Å². The molecule has 2 aliphatic heterocycles. The van der Waals surface area contributed by atoms with Gasteiger partial charge in [0.25, 0.3) is 0 Å². The molecule has 0 radical (unpaired) electrons. The van der Waals surface area contributed by atoms with Crippen molar-refractivity contribution in [3.8, 4) is 0 Å². The Balaban J connectivity index is 1.03. The fourth-order valence-corrected chi connectivity index (χ4v) is 6.31. The Morgan fingerprint density at radius 3 is 2.15 bits per heavy atom. The second kappa shape index (κ2) is 10.3. The van der Waals surface area contributed by atoms with E-state index in [1.54, 1.807) is 17.5 Å². The molecule has 3 aliphatic rings. The van der Waals surface area contributed by atoms with E-state index < -0.39 is 0 Å². The number of thiazole rings is 1. The van der Waals surface area contributed by atoms with Gasteiger partial charge in [-0.1, -0.05) is 30.6 Å². The molecule has 5 rings (SSSR count). The Morgan fingerprint density at radius 2 is 1.52 bits per heavy atom. The molecule has 0 atom stereocenters. The minimum Gasteiger partial charge on any atom is -0.344 e. The van der Waals surface area contributed by atoms with Crippen LogP contribution in [0.4, 0.5) is 5.13 Å².